The van der Waals surface area contributed by atoms with Crippen LogP contribution in [0.5, 0.6) is 0 Å². The maximum absolute atomic E-state index is 12.8. The number of carbonyl (C=O) groups is 1. The van der Waals surface area contributed by atoms with E-state index in [4.69, 9.17) is 0 Å². The predicted octanol–water partition coefficient (Wildman–Crippen LogP) is 7.44. The smallest absolute Gasteiger partial charge is 0.222 e. The van der Waals surface area contributed by atoms with Gasteiger partial charge in [-0.1, -0.05) is 91.9 Å². The second-order valence-corrected chi connectivity index (χ2v) is 10.9. The molecule has 0 spiro atoms. The fourth-order valence-corrected chi connectivity index (χ4v) is 5.80. The van der Waals surface area contributed by atoms with Crippen molar-refractivity contribution in [2.75, 3.05) is 19.6 Å². The van der Waals surface area contributed by atoms with E-state index in [0.717, 1.165) is 37.8 Å². The van der Waals surface area contributed by atoms with E-state index in [0.29, 0.717) is 18.0 Å². The molecule has 2 aliphatic rings. The summed E-state index contributed by atoms with van der Waals surface area (Å²) in [5.41, 5.74) is 0. The van der Waals surface area contributed by atoms with Crippen molar-refractivity contribution < 1.29 is 4.79 Å². The van der Waals surface area contributed by atoms with Crippen LogP contribution in [0.1, 0.15) is 130 Å². The van der Waals surface area contributed by atoms with Gasteiger partial charge in [0.25, 0.3) is 0 Å². The van der Waals surface area contributed by atoms with Gasteiger partial charge in [-0.15, -0.1) is 0 Å². The Hall–Kier alpha value is -0.570. The molecule has 1 amide bonds. The molecule has 3 nitrogen and oxygen atoms in total. The SMILES string of the molecule is CCCCCCC(CCCCCC)CN1[C@@H]2CC[C@H]1CN(C(=O)CCCC(C)CC)C2. The molecular formula is C28H54N2O. The van der Waals surface area contributed by atoms with E-state index < -0.39 is 0 Å². The first-order chi connectivity index (χ1) is 15.1. The van der Waals surface area contributed by atoms with Crippen molar-refractivity contribution in [1.29, 1.82) is 0 Å². The van der Waals surface area contributed by atoms with Crippen LogP contribution in [0, 0.1) is 11.8 Å². The molecule has 0 aromatic carbocycles. The lowest BCUT2D eigenvalue weighted by atomic mass is 9.93. The zero-order chi connectivity index (χ0) is 22.5. The van der Waals surface area contributed by atoms with Gasteiger partial charge in [0.15, 0.2) is 0 Å². The van der Waals surface area contributed by atoms with Crippen molar-refractivity contribution in [3.63, 3.8) is 0 Å². The molecule has 0 saturated carbocycles. The van der Waals surface area contributed by atoms with E-state index in [1.165, 1.54) is 96.4 Å². The van der Waals surface area contributed by atoms with Gasteiger partial charge in [-0.25, -0.2) is 0 Å². The lowest BCUT2D eigenvalue weighted by Gasteiger charge is -2.42. The average molecular weight is 435 g/mol. The molecule has 31 heavy (non-hydrogen) atoms. The summed E-state index contributed by atoms with van der Waals surface area (Å²) in [7, 11) is 0. The van der Waals surface area contributed by atoms with Crippen LogP contribution in [0.15, 0.2) is 0 Å². The molecule has 0 aliphatic carbocycles. The van der Waals surface area contributed by atoms with Gasteiger partial charge < -0.3 is 4.90 Å². The number of nitrogens with zero attached hydrogens (tertiary/aromatic N) is 2. The maximum atomic E-state index is 12.8. The number of amides is 1. The molecule has 2 rings (SSSR count). The molecule has 0 radical (unpaired) electrons. The van der Waals surface area contributed by atoms with Crippen LogP contribution in [0.25, 0.3) is 0 Å². The third-order valence-electron chi connectivity index (χ3n) is 8.17. The van der Waals surface area contributed by atoms with Crippen molar-refractivity contribution in [2.24, 2.45) is 11.8 Å². The molecule has 2 aliphatic heterocycles. The van der Waals surface area contributed by atoms with Gasteiger partial charge in [0, 0.05) is 38.1 Å². The number of fused-ring (bicyclic) bond motifs is 2. The molecule has 0 aromatic heterocycles. The summed E-state index contributed by atoms with van der Waals surface area (Å²) < 4.78 is 0. The standard InChI is InChI=1S/C28H54N2O/c1-5-8-10-12-16-25(17-13-11-9-6-2)21-30-26-19-20-27(30)23-29(22-26)28(31)18-14-15-24(4)7-3/h24-27H,5-23H2,1-4H3/t24?,26-,27+. The van der Waals surface area contributed by atoms with E-state index in [-0.39, 0.29) is 0 Å². The van der Waals surface area contributed by atoms with Gasteiger partial charge in [0.05, 0.1) is 0 Å². The van der Waals surface area contributed by atoms with E-state index in [1.807, 2.05) is 0 Å². The van der Waals surface area contributed by atoms with E-state index in [1.54, 1.807) is 0 Å². The summed E-state index contributed by atoms with van der Waals surface area (Å²) >= 11 is 0. The highest BCUT2D eigenvalue weighted by molar-refractivity contribution is 5.76. The Morgan fingerprint density at radius 1 is 0.806 bits per heavy atom. The van der Waals surface area contributed by atoms with Crippen LogP contribution in [0.4, 0.5) is 0 Å². The zero-order valence-corrected chi connectivity index (χ0v) is 21.5. The number of rotatable bonds is 17. The number of hydrogen-bond acceptors (Lipinski definition) is 2. The Labute approximate surface area is 194 Å². The van der Waals surface area contributed by atoms with Gasteiger partial charge in [-0.3, -0.25) is 9.69 Å². The Kier molecular flexibility index (Phi) is 13.2. The molecule has 2 heterocycles. The van der Waals surface area contributed by atoms with E-state index in [9.17, 15) is 4.79 Å². The minimum Gasteiger partial charge on any atom is -0.340 e. The third-order valence-corrected chi connectivity index (χ3v) is 8.17. The van der Waals surface area contributed by atoms with Gasteiger partial charge in [0.2, 0.25) is 5.91 Å². The maximum Gasteiger partial charge on any atom is 0.222 e. The van der Waals surface area contributed by atoms with Crippen molar-refractivity contribution in [3.05, 3.63) is 0 Å². The van der Waals surface area contributed by atoms with E-state index in [2.05, 4.69) is 37.5 Å². The number of hydrogen-bond donors (Lipinski definition) is 0. The van der Waals surface area contributed by atoms with Crippen molar-refractivity contribution >= 4 is 5.91 Å². The highest BCUT2D eigenvalue weighted by Crippen LogP contribution is 2.33. The number of likely N-dealkylation sites (tertiary alicyclic amines) is 1. The molecule has 2 fully saturated rings. The highest BCUT2D eigenvalue weighted by Gasteiger charge is 2.41. The van der Waals surface area contributed by atoms with Crippen molar-refractivity contribution in [2.45, 2.75) is 143 Å². The zero-order valence-electron chi connectivity index (χ0n) is 21.5. The Morgan fingerprint density at radius 2 is 1.39 bits per heavy atom. The predicted molar refractivity (Wildman–Crippen MR) is 134 cm³/mol. The molecule has 1 unspecified atom stereocenters. The topological polar surface area (TPSA) is 23.6 Å². The Bertz CT molecular complexity index is 454. The lowest BCUT2D eigenvalue weighted by Crippen LogP contribution is -2.56. The monoisotopic (exact) mass is 434 g/mol. The summed E-state index contributed by atoms with van der Waals surface area (Å²) in [5, 5.41) is 0. The fraction of sp³-hybridized carbons (Fsp3) is 0.964. The second kappa shape index (κ2) is 15.3. The van der Waals surface area contributed by atoms with Gasteiger partial charge in [0.1, 0.15) is 0 Å². The molecule has 3 heteroatoms. The molecule has 182 valence electrons. The van der Waals surface area contributed by atoms with Crippen molar-refractivity contribution in [1.82, 2.24) is 9.80 Å². The first-order valence-electron chi connectivity index (χ1n) is 14.1. The lowest BCUT2D eigenvalue weighted by molar-refractivity contribution is -0.135. The van der Waals surface area contributed by atoms with Gasteiger partial charge >= 0.3 is 0 Å². The molecular weight excluding hydrogens is 380 g/mol. The fourth-order valence-electron chi connectivity index (χ4n) is 5.80. The quantitative estimate of drug-likeness (QED) is 0.222. The van der Waals surface area contributed by atoms with Crippen LogP contribution in [0.2, 0.25) is 0 Å². The third kappa shape index (κ3) is 9.44. The number of carbonyl (C=O) groups excluding carboxylic acids is 1. The van der Waals surface area contributed by atoms with Crippen LogP contribution in [-0.4, -0.2) is 47.4 Å². The largest absolute Gasteiger partial charge is 0.340 e. The second-order valence-electron chi connectivity index (χ2n) is 10.9. The Balaban J connectivity index is 1.81. The summed E-state index contributed by atoms with van der Waals surface area (Å²) in [4.78, 5) is 17.9. The van der Waals surface area contributed by atoms with Gasteiger partial charge in [-0.2, -0.15) is 0 Å². The van der Waals surface area contributed by atoms with Crippen LogP contribution >= 0.6 is 0 Å². The summed E-state index contributed by atoms with van der Waals surface area (Å²) in [6, 6.07) is 1.26. The summed E-state index contributed by atoms with van der Waals surface area (Å²) in [6.45, 7) is 12.5. The average Bonchev–Trinajstić information content (AvgIpc) is 2.99. The van der Waals surface area contributed by atoms with Crippen LogP contribution in [-0.2, 0) is 4.79 Å². The first kappa shape index (κ1) is 26.7. The molecule has 0 aromatic rings. The highest BCUT2D eigenvalue weighted by atomic mass is 16.2. The number of piperazine rings is 1. The Morgan fingerprint density at radius 3 is 1.90 bits per heavy atom. The molecule has 0 N–H and O–H groups in total. The van der Waals surface area contributed by atoms with Crippen molar-refractivity contribution in [3.8, 4) is 0 Å². The summed E-state index contributed by atoms with van der Waals surface area (Å²) in [6.07, 6.45) is 20.8. The molecule has 2 saturated heterocycles. The van der Waals surface area contributed by atoms with E-state index >= 15 is 0 Å². The normalized spacial score (nSPS) is 22.4. The minimum absolute atomic E-state index is 0.426. The minimum atomic E-state index is 0.426. The molecule has 2 bridgehead atoms. The van der Waals surface area contributed by atoms with Gasteiger partial charge in [-0.05, 0) is 43.9 Å². The first-order valence-corrected chi connectivity index (χ1v) is 14.1. The summed E-state index contributed by atoms with van der Waals surface area (Å²) in [5.74, 6) is 2.05. The number of unbranched alkanes of at least 4 members (excludes halogenated alkanes) is 6. The van der Waals surface area contributed by atoms with Crippen LogP contribution < -0.4 is 0 Å². The molecule has 3 atom stereocenters. The van der Waals surface area contributed by atoms with Crippen LogP contribution in [0.3, 0.4) is 0 Å².